The lowest BCUT2D eigenvalue weighted by Crippen LogP contribution is -2.29. The van der Waals surface area contributed by atoms with Gasteiger partial charge in [-0.05, 0) is 32.6 Å². The summed E-state index contributed by atoms with van der Waals surface area (Å²) < 4.78 is 1.95. The molecule has 4 heteroatoms. The van der Waals surface area contributed by atoms with Crippen molar-refractivity contribution in [1.29, 1.82) is 0 Å². The van der Waals surface area contributed by atoms with Gasteiger partial charge < -0.3 is 5.73 Å². The van der Waals surface area contributed by atoms with Crippen molar-refractivity contribution < 1.29 is 0 Å². The summed E-state index contributed by atoms with van der Waals surface area (Å²) in [6.07, 6.45) is 5.45. The van der Waals surface area contributed by atoms with Crippen LogP contribution >= 0.6 is 11.6 Å². The first-order valence-electron chi connectivity index (χ1n) is 5.59. The molecule has 84 valence electrons. The van der Waals surface area contributed by atoms with Gasteiger partial charge in [0.15, 0.2) is 0 Å². The summed E-state index contributed by atoms with van der Waals surface area (Å²) in [5.41, 5.74) is 7.25. The zero-order valence-corrected chi connectivity index (χ0v) is 10.0. The second kappa shape index (κ2) is 4.14. The van der Waals surface area contributed by atoms with Crippen LogP contribution in [0.1, 0.15) is 50.9 Å². The van der Waals surface area contributed by atoms with E-state index < -0.39 is 0 Å². The Bertz CT molecular complexity index is 342. The molecule has 1 unspecified atom stereocenters. The fraction of sp³-hybridized carbons (Fsp3) is 0.727. The Morgan fingerprint density at radius 3 is 2.67 bits per heavy atom. The Labute approximate surface area is 95.6 Å². The molecule has 15 heavy (non-hydrogen) atoms. The molecule has 2 N–H and O–H groups in total. The molecular formula is C11H18ClN3. The number of nitrogens with two attached hydrogens (primary N) is 1. The summed E-state index contributed by atoms with van der Waals surface area (Å²) in [6, 6.07) is 0.370. The van der Waals surface area contributed by atoms with E-state index in [1.165, 1.54) is 19.3 Å². The number of nitrogens with zero attached hydrogens (tertiary/aromatic N) is 2. The van der Waals surface area contributed by atoms with Crippen LogP contribution < -0.4 is 5.73 Å². The highest BCUT2D eigenvalue weighted by molar-refractivity contribution is 6.31. The molecule has 1 aromatic heterocycles. The summed E-state index contributed by atoms with van der Waals surface area (Å²) in [7, 11) is 0. The van der Waals surface area contributed by atoms with Crippen molar-refractivity contribution in [3.8, 4) is 0 Å². The second-order valence-electron chi connectivity index (χ2n) is 4.63. The highest BCUT2D eigenvalue weighted by Crippen LogP contribution is 2.38. The molecule has 1 aliphatic rings. The molecule has 0 aromatic carbocycles. The van der Waals surface area contributed by atoms with E-state index in [1.807, 2.05) is 4.68 Å². The molecule has 2 rings (SSSR count). The van der Waals surface area contributed by atoms with Crippen molar-refractivity contribution in [1.82, 2.24) is 9.78 Å². The molecule has 0 amide bonds. The second-order valence-corrected chi connectivity index (χ2v) is 5.04. The third-order valence-electron chi connectivity index (χ3n) is 3.25. The standard InChI is InChI=1S/C11H18ClN3/c1-7(2)15-11(9(12)6-14-15)10(13)8-4-3-5-8/h6-8,10H,3-5,13H2,1-2H3. The predicted molar refractivity (Wildman–Crippen MR) is 61.9 cm³/mol. The van der Waals surface area contributed by atoms with Gasteiger partial charge in [0.2, 0.25) is 0 Å². The Morgan fingerprint density at radius 2 is 2.20 bits per heavy atom. The number of rotatable bonds is 3. The number of hydrogen-bond donors (Lipinski definition) is 1. The van der Waals surface area contributed by atoms with Crippen molar-refractivity contribution in [2.75, 3.05) is 0 Å². The van der Waals surface area contributed by atoms with Gasteiger partial charge in [0.05, 0.1) is 23.0 Å². The molecule has 0 spiro atoms. The Balaban J connectivity index is 2.28. The largest absolute Gasteiger partial charge is 0.322 e. The monoisotopic (exact) mass is 227 g/mol. The summed E-state index contributed by atoms with van der Waals surface area (Å²) in [6.45, 7) is 4.20. The molecule has 3 nitrogen and oxygen atoms in total. The van der Waals surface area contributed by atoms with E-state index in [9.17, 15) is 0 Å². The average molecular weight is 228 g/mol. The van der Waals surface area contributed by atoms with E-state index in [4.69, 9.17) is 17.3 Å². The first-order chi connectivity index (χ1) is 7.11. The molecule has 1 saturated carbocycles. The number of hydrogen-bond acceptors (Lipinski definition) is 2. The van der Waals surface area contributed by atoms with Gasteiger partial charge in [0.1, 0.15) is 0 Å². The van der Waals surface area contributed by atoms with E-state index in [0.717, 1.165) is 5.69 Å². The molecule has 0 aliphatic heterocycles. The number of halogens is 1. The zero-order chi connectivity index (χ0) is 11.0. The van der Waals surface area contributed by atoms with Gasteiger partial charge in [0.25, 0.3) is 0 Å². The normalized spacial score (nSPS) is 19.3. The molecule has 0 saturated heterocycles. The molecule has 0 radical (unpaired) electrons. The maximum Gasteiger partial charge on any atom is 0.0834 e. The highest BCUT2D eigenvalue weighted by atomic mass is 35.5. The van der Waals surface area contributed by atoms with E-state index in [-0.39, 0.29) is 6.04 Å². The van der Waals surface area contributed by atoms with Crippen LogP contribution in [0.15, 0.2) is 6.20 Å². The van der Waals surface area contributed by atoms with Crippen LogP contribution in [0.2, 0.25) is 5.02 Å². The Morgan fingerprint density at radius 1 is 1.53 bits per heavy atom. The first-order valence-corrected chi connectivity index (χ1v) is 5.97. The topological polar surface area (TPSA) is 43.8 Å². The van der Waals surface area contributed by atoms with Crippen molar-refractivity contribution >= 4 is 11.6 Å². The summed E-state index contributed by atoms with van der Waals surface area (Å²) in [4.78, 5) is 0. The maximum atomic E-state index is 6.24. The Hall–Kier alpha value is -0.540. The van der Waals surface area contributed by atoms with Crippen LogP contribution in [0.3, 0.4) is 0 Å². The van der Waals surface area contributed by atoms with Gasteiger partial charge >= 0.3 is 0 Å². The van der Waals surface area contributed by atoms with E-state index >= 15 is 0 Å². The van der Waals surface area contributed by atoms with Crippen molar-refractivity contribution in [3.05, 3.63) is 16.9 Å². The fourth-order valence-electron chi connectivity index (χ4n) is 2.10. The summed E-state index contributed by atoms with van der Waals surface area (Å²) >= 11 is 6.15. The SMILES string of the molecule is CC(C)n1ncc(Cl)c1C(N)C1CCC1. The zero-order valence-electron chi connectivity index (χ0n) is 9.28. The molecule has 1 aliphatic carbocycles. The minimum Gasteiger partial charge on any atom is -0.322 e. The third kappa shape index (κ3) is 1.91. The lowest BCUT2D eigenvalue weighted by atomic mass is 9.79. The third-order valence-corrected chi connectivity index (χ3v) is 3.54. The van der Waals surface area contributed by atoms with E-state index in [1.54, 1.807) is 6.20 Å². The molecule has 1 atom stereocenters. The van der Waals surface area contributed by atoms with Gasteiger partial charge in [-0.15, -0.1) is 0 Å². The molecule has 0 bridgehead atoms. The quantitative estimate of drug-likeness (QED) is 0.863. The van der Waals surface area contributed by atoms with Gasteiger partial charge in [-0.25, -0.2) is 0 Å². The minimum absolute atomic E-state index is 0.0520. The lowest BCUT2D eigenvalue weighted by Gasteiger charge is -2.32. The van der Waals surface area contributed by atoms with Crippen LogP contribution in [0.4, 0.5) is 0 Å². The average Bonchev–Trinajstić information content (AvgIpc) is 2.43. The van der Waals surface area contributed by atoms with Crippen LogP contribution in [-0.2, 0) is 0 Å². The molecule has 1 aromatic rings. The van der Waals surface area contributed by atoms with Crippen molar-refractivity contribution in [2.45, 2.75) is 45.2 Å². The lowest BCUT2D eigenvalue weighted by molar-refractivity contribution is 0.253. The van der Waals surface area contributed by atoms with Crippen LogP contribution in [0, 0.1) is 5.92 Å². The highest BCUT2D eigenvalue weighted by Gasteiger charge is 2.30. The van der Waals surface area contributed by atoms with Crippen molar-refractivity contribution in [3.63, 3.8) is 0 Å². The maximum absolute atomic E-state index is 6.24. The Kier molecular flexibility index (Phi) is 3.03. The van der Waals surface area contributed by atoms with Crippen LogP contribution in [0.25, 0.3) is 0 Å². The van der Waals surface area contributed by atoms with Crippen LogP contribution in [-0.4, -0.2) is 9.78 Å². The van der Waals surface area contributed by atoms with Crippen molar-refractivity contribution in [2.24, 2.45) is 11.7 Å². The first kappa shape index (κ1) is 11.0. The van der Waals surface area contributed by atoms with Gasteiger partial charge in [-0.3, -0.25) is 4.68 Å². The molecule has 1 heterocycles. The predicted octanol–water partition coefficient (Wildman–Crippen LogP) is 2.92. The fourth-order valence-corrected chi connectivity index (χ4v) is 2.35. The minimum atomic E-state index is 0.0520. The van der Waals surface area contributed by atoms with E-state index in [0.29, 0.717) is 17.0 Å². The summed E-state index contributed by atoms with van der Waals surface area (Å²) in [5.74, 6) is 0.594. The summed E-state index contributed by atoms with van der Waals surface area (Å²) in [5, 5.41) is 4.99. The van der Waals surface area contributed by atoms with Gasteiger partial charge in [0, 0.05) is 6.04 Å². The van der Waals surface area contributed by atoms with Gasteiger partial charge in [-0.1, -0.05) is 18.0 Å². The van der Waals surface area contributed by atoms with Gasteiger partial charge in [-0.2, -0.15) is 5.10 Å². The molecular weight excluding hydrogens is 210 g/mol. The number of aromatic nitrogens is 2. The van der Waals surface area contributed by atoms with E-state index in [2.05, 4.69) is 18.9 Å². The molecule has 1 fully saturated rings. The smallest absolute Gasteiger partial charge is 0.0834 e. The van der Waals surface area contributed by atoms with Crippen LogP contribution in [0.5, 0.6) is 0 Å².